The molecule has 5 heteroatoms. The lowest BCUT2D eigenvalue weighted by atomic mass is 10.1. The molecular formula is C14H24N2O3. The number of nitrogens with two attached hydrogens (primary N) is 1. The summed E-state index contributed by atoms with van der Waals surface area (Å²) in [6.45, 7) is 1.73. The number of likely N-dealkylation sites (N-methyl/N-ethyl adjacent to an activating group) is 1. The van der Waals surface area contributed by atoms with Crippen LogP contribution in [0, 0.1) is 0 Å². The molecule has 0 radical (unpaired) electrons. The van der Waals surface area contributed by atoms with Gasteiger partial charge in [-0.1, -0.05) is 6.07 Å². The van der Waals surface area contributed by atoms with Gasteiger partial charge in [0.1, 0.15) is 0 Å². The molecule has 0 saturated heterocycles. The zero-order valence-electron chi connectivity index (χ0n) is 11.9. The molecule has 1 unspecified atom stereocenters. The molecule has 0 saturated carbocycles. The Morgan fingerprint density at radius 1 is 1.26 bits per heavy atom. The first kappa shape index (κ1) is 15.8. The number of rotatable bonds is 8. The molecule has 1 rings (SSSR count). The topological polar surface area (TPSA) is 68.0 Å². The average Bonchev–Trinajstić information content (AvgIpc) is 2.44. The third-order valence-electron chi connectivity index (χ3n) is 3.02. The van der Waals surface area contributed by atoms with Crippen molar-refractivity contribution in [1.29, 1.82) is 0 Å². The highest BCUT2D eigenvalue weighted by atomic mass is 16.5. The number of benzene rings is 1. The summed E-state index contributed by atoms with van der Waals surface area (Å²) in [6.07, 6.45) is 0.420. The molecule has 1 atom stereocenters. The summed E-state index contributed by atoms with van der Waals surface area (Å²) in [5.41, 5.74) is 6.56. The Morgan fingerprint density at radius 2 is 1.95 bits per heavy atom. The van der Waals surface area contributed by atoms with Gasteiger partial charge < -0.3 is 25.2 Å². The SMILES string of the molecule is COc1ccc(CCN(C)CC(O)CN)cc1OC. The number of aliphatic hydroxyl groups is 1. The zero-order valence-corrected chi connectivity index (χ0v) is 11.9. The molecule has 108 valence electrons. The maximum absolute atomic E-state index is 9.47. The number of methoxy groups -OCH3 is 2. The molecule has 0 aliphatic carbocycles. The van der Waals surface area contributed by atoms with E-state index in [0.29, 0.717) is 13.1 Å². The average molecular weight is 268 g/mol. The van der Waals surface area contributed by atoms with Gasteiger partial charge in [-0.25, -0.2) is 0 Å². The predicted octanol–water partition coefficient (Wildman–Crippen LogP) is 0.498. The highest BCUT2D eigenvalue weighted by Crippen LogP contribution is 2.27. The smallest absolute Gasteiger partial charge is 0.160 e. The second-order valence-corrected chi connectivity index (χ2v) is 4.59. The van der Waals surface area contributed by atoms with Crippen LogP contribution in [-0.2, 0) is 6.42 Å². The highest BCUT2D eigenvalue weighted by molar-refractivity contribution is 5.42. The predicted molar refractivity (Wildman–Crippen MR) is 75.8 cm³/mol. The first-order chi connectivity index (χ1) is 9.10. The first-order valence-electron chi connectivity index (χ1n) is 6.38. The summed E-state index contributed by atoms with van der Waals surface area (Å²) in [7, 11) is 5.23. The molecule has 0 bridgehead atoms. The third kappa shape index (κ3) is 5.06. The molecule has 0 amide bonds. The fraction of sp³-hybridized carbons (Fsp3) is 0.571. The van der Waals surface area contributed by atoms with E-state index in [1.807, 2.05) is 25.2 Å². The van der Waals surface area contributed by atoms with Gasteiger partial charge in [0.2, 0.25) is 0 Å². The van der Waals surface area contributed by atoms with E-state index < -0.39 is 6.10 Å². The third-order valence-corrected chi connectivity index (χ3v) is 3.02. The fourth-order valence-corrected chi connectivity index (χ4v) is 1.88. The molecule has 3 N–H and O–H groups in total. The number of hydrogen-bond donors (Lipinski definition) is 2. The number of nitrogens with zero attached hydrogens (tertiary/aromatic N) is 1. The Kier molecular flexibility index (Phi) is 6.62. The maximum Gasteiger partial charge on any atom is 0.160 e. The molecule has 1 aromatic rings. The van der Waals surface area contributed by atoms with Crippen molar-refractivity contribution in [3.05, 3.63) is 23.8 Å². The minimum absolute atomic E-state index is 0.292. The van der Waals surface area contributed by atoms with Crippen LogP contribution in [0.1, 0.15) is 5.56 Å². The second kappa shape index (κ2) is 7.99. The van der Waals surface area contributed by atoms with Gasteiger partial charge in [-0.3, -0.25) is 0 Å². The molecule has 0 aliphatic rings. The first-order valence-corrected chi connectivity index (χ1v) is 6.38. The van der Waals surface area contributed by atoms with E-state index in [9.17, 15) is 5.11 Å². The summed E-state index contributed by atoms with van der Waals surface area (Å²) in [4.78, 5) is 2.06. The Labute approximate surface area is 114 Å². The van der Waals surface area contributed by atoms with E-state index in [1.54, 1.807) is 14.2 Å². The Bertz CT molecular complexity index is 385. The Balaban J connectivity index is 2.53. The van der Waals surface area contributed by atoms with E-state index in [-0.39, 0.29) is 0 Å². The summed E-state index contributed by atoms with van der Waals surface area (Å²) < 4.78 is 10.5. The van der Waals surface area contributed by atoms with Gasteiger partial charge in [-0.2, -0.15) is 0 Å². The minimum Gasteiger partial charge on any atom is -0.493 e. The quantitative estimate of drug-likeness (QED) is 0.718. The summed E-state index contributed by atoms with van der Waals surface area (Å²) in [5, 5.41) is 9.47. The van der Waals surface area contributed by atoms with Crippen LogP contribution in [0.3, 0.4) is 0 Å². The summed E-state index contributed by atoms with van der Waals surface area (Å²) >= 11 is 0. The van der Waals surface area contributed by atoms with Crippen LogP contribution in [0.5, 0.6) is 11.5 Å². The molecule has 0 heterocycles. The van der Waals surface area contributed by atoms with E-state index >= 15 is 0 Å². The highest BCUT2D eigenvalue weighted by Gasteiger charge is 2.08. The minimum atomic E-state index is -0.463. The largest absolute Gasteiger partial charge is 0.493 e. The van der Waals surface area contributed by atoms with E-state index in [4.69, 9.17) is 15.2 Å². The maximum atomic E-state index is 9.47. The van der Waals surface area contributed by atoms with Crippen molar-refractivity contribution in [2.24, 2.45) is 5.73 Å². The van der Waals surface area contributed by atoms with Crippen molar-refractivity contribution in [2.75, 3.05) is 40.9 Å². The van der Waals surface area contributed by atoms with Crippen LogP contribution >= 0.6 is 0 Å². The number of aliphatic hydroxyl groups excluding tert-OH is 1. The van der Waals surface area contributed by atoms with Crippen molar-refractivity contribution in [2.45, 2.75) is 12.5 Å². The van der Waals surface area contributed by atoms with Crippen LogP contribution in [0.15, 0.2) is 18.2 Å². The molecule has 0 aliphatic heterocycles. The van der Waals surface area contributed by atoms with Crippen LogP contribution in [0.25, 0.3) is 0 Å². The van der Waals surface area contributed by atoms with Gasteiger partial charge in [0, 0.05) is 19.6 Å². The molecule has 0 spiro atoms. The summed E-state index contributed by atoms with van der Waals surface area (Å²) in [5.74, 6) is 1.47. The van der Waals surface area contributed by atoms with Crippen molar-refractivity contribution in [1.82, 2.24) is 4.90 Å². The van der Waals surface area contributed by atoms with Crippen LogP contribution < -0.4 is 15.2 Å². The standard InChI is InChI=1S/C14H24N2O3/c1-16(10-12(17)9-15)7-6-11-4-5-13(18-2)14(8-11)19-3/h4-5,8,12,17H,6-7,9-10,15H2,1-3H3. The van der Waals surface area contributed by atoms with E-state index in [2.05, 4.69) is 4.90 Å². The van der Waals surface area contributed by atoms with E-state index in [1.165, 1.54) is 5.56 Å². The van der Waals surface area contributed by atoms with Crippen molar-refractivity contribution >= 4 is 0 Å². The molecule has 19 heavy (non-hydrogen) atoms. The van der Waals surface area contributed by atoms with Crippen molar-refractivity contribution in [3.63, 3.8) is 0 Å². The summed E-state index contributed by atoms with van der Waals surface area (Å²) in [6, 6.07) is 5.91. The van der Waals surface area contributed by atoms with Gasteiger partial charge in [0.25, 0.3) is 0 Å². The fourth-order valence-electron chi connectivity index (χ4n) is 1.88. The monoisotopic (exact) mass is 268 g/mol. The lowest BCUT2D eigenvalue weighted by Gasteiger charge is -2.19. The second-order valence-electron chi connectivity index (χ2n) is 4.59. The lowest BCUT2D eigenvalue weighted by Crippen LogP contribution is -2.35. The Morgan fingerprint density at radius 3 is 2.53 bits per heavy atom. The molecule has 1 aromatic carbocycles. The van der Waals surface area contributed by atoms with Crippen LogP contribution in [0.2, 0.25) is 0 Å². The van der Waals surface area contributed by atoms with Crippen LogP contribution in [0.4, 0.5) is 0 Å². The van der Waals surface area contributed by atoms with Gasteiger partial charge >= 0.3 is 0 Å². The zero-order chi connectivity index (χ0) is 14.3. The normalized spacial score (nSPS) is 12.5. The molecule has 5 nitrogen and oxygen atoms in total. The van der Waals surface area contributed by atoms with Gasteiger partial charge in [0.15, 0.2) is 11.5 Å². The van der Waals surface area contributed by atoms with Crippen molar-refractivity contribution < 1.29 is 14.6 Å². The van der Waals surface area contributed by atoms with Crippen LogP contribution in [-0.4, -0.2) is 57.0 Å². The van der Waals surface area contributed by atoms with E-state index in [0.717, 1.165) is 24.5 Å². The number of hydrogen-bond acceptors (Lipinski definition) is 5. The lowest BCUT2D eigenvalue weighted by molar-refractivity contribution is 0.133. The Hall–Kier alpha value is -1.30. The van der Waals surface area contributed by atoms with Crippen molar-refractivity contribution in [3.8, 4) is 11.5 Å². The van der Waals surface area contributed by atoms with Gasteiger partial charge in [0.05, 0.1) is 20.3 Å². The molecular weight excluding hydrogens is 244 g/mol. The molecule has 0 aromatic heterocycles. The molecule has 0 fully saturated rings. The number of ether oxygens (including phenoxy) is 2. The van der Waals surface area contributed by atoms with Gasteiger partial charge in [-0.05, 0) is 31.2 Å². The van der Waals surface area contributed by atoms with Gasteiger partial charge in [-0.15, -0.1) is 0 Å².